The second-order valence-electron chi connectivity index (χ2n) is 11.1. The standard InChI is InChI=1S/C35H40N4O5S/c1-25(28-17-11-6-12-18-28)37-34(41)29-20-30(22-31(21-29)39(2)45(3,43)44)35(42)38-32(19-26-13-7-4-8-14-26)33(40)24-36-23-27-15-9-5-10-16-27/h4-18,20-22,25,32-33,36,40H,19,23-24H2,1-3H3,(H,37,41)(H,38,42)/t25-,32+,33-/m1/s1. The van der Waals surface area contributed by atoms with Crippen LogP contribution in [0.4, 0.5) is 5.69 Å². The summed E-state index contributed by atoms with van der Waals surface area (Å²) >= 11 is 0. The number of nitrogens with zero attached hydrogens (tertiary/aromatic N) is 1. The molecule has 0 saturated heterocycles. The fourth-order valence-corrected chi connectivity index (χ4v) is 5.35. The predicted octanol–water partition coefficient (Wildman–Crippen LogP) is 4.07. The summed E-state index contributed by atoms with van der Waals surface area (Å²) in [6, 6.07) is 32.0. The lowest BCUT2D eigenvalue weighted by Gasteiger charge is -2.25. The van der Waals surface area contributed by atoms with E-state index in [0.29, 0.717) is 13.0 Å². The van der Waals surface area contributed by atoms with Crippen molar-refractivity contribution in [3.8, 4) is 0 Å². The molecule has 0 aliphatic carbocycles. The number of rotatable bonds is 14. The van der Waals surface area contributed by atoms with Crippen LogP contribution in [0.25, 0.3) is 0 Å². The maximum Gasteiger partial charge on any atom is 0.251 e. The molecule has 4 N–H and O–H groups in total. The Morgan fingerprint density at radius 1 is 0.778 bits per heavy atom. The van der Waals surface area contributed by atoms with Crippen LogP contribution in [-0.2, 0) is 23.0 Å². The second kappa shape index (κ2) is 15.5. The van der Waals surface area contributed by atoms with Crippen LogP contribution in [0.3, 0.4) is 0 Å². The van der Waals surface area contributed by atoms with E-state index in [0.717, 1.165) is 27.3 Å². The van der Waals surface area contributed by atoms with E-state index in [1.807, 2.05) is 97.9 Å². The van der Waals surface area contributed by atoms with Crippen LogP contribution in [0.2, 0.25) is 0 Å². The summed E-state index contributed by atoms with van der Waals surface area (Å²) in [5.41, 5.74) is 3.25. The zero-order chi connectivity index (χ0) is 32.4. The lowest BCUT2D eigenvalue weighted by molar-refractivity contribution is 0.0830. The normalized spacial score (nSPS) is 13.3. The van der Waals surface area contributed by atoms with Gasteiger partial charge in [-0.1, -0.05) is 91.0 Å². The number of carbonyl (C=O) groups excluding carboxylic acids is 2. The molecule has 45 heavy (non-hydrogen) atoms. The molecule has 9 nitrogen and oxygen atoms in total. The van der Waals surface area contributed by atoms with E-state index in [4.69, 9.17) is 0 Å². The van der Waals surface area contributed by atoms with Crippen molar-refractivity contribution in [2.45, 2.75) is 38.1 Å². The van der Waals surface area contributed by atoms with Gasteiger partial charge in [0.25, 0.3) is 11.8 Å². The zero-order valence-electron chi connectivity index (χ0n) is 25.7. The molecule has 236 valence electrons. The number of benzene rings is 4. The molecule has 0 fully saturated rings. The molecule has 0 aliphatic rings. The molecule has 0 radical (unpaired) electrons. The Labute approximate surface area is 265 Å². The number of anilines is 1. The minimum Gasteiger partial charge on any atom is -0.390 e. The molecular formula is C35H40N4O5S. The van der Waals surface area contributed by atoms with Gasteiger partial charge in [0.15, 0.2) is 0 Å². The SMILES string of the molecule is C[C@@H](NC(=O)c1cc(C(=O)N[C@@H](Cc2ccccc2)[C@H](O)CNCc2ccccc2)cc(N(C)S(C)(=O)=O)c1)c1ccccc1. The van der Waals surface area contributed by atoms with Crippen LogP contribution >= 0.6 is 0 Å². The number of carbonyl (C=O) groups is 2. The van der Waals surface area contributed by atoms with E-state index in [1.54, 1.807) is 0 Å². The highest BCUT2D eigenvalue weighted by Crippen LogP contribution is 2.22. The first-order chi connectivity index (χ1) is 21.5. The Hall–Kier alpha value is -4.51. The van der Waals surface area contributed by atoms with Gasteiger partial charge in [-0.15, -0.1) is 0 Å². The largest absolute Gasteiger partial charge is 0.390 e. The van der Waals surface area contributed by atoms with Gasteiger partial charge in [0.1, 0.15) is 0 Å². The zero-order valence-corrected chi connectivity index (χ0v) is 26.5. The molecule has 0 unspecified atom stereocenters. The maximum absolute atomic E-state index is 13.7. The van der Waals surface area contributed by atoms with Crippen molar-refractivity contribution in [2.75, 3.05) is 24.2 Å². The number of hydrogen-bond donors (Lipinski definition) is 4. The van der Waals surface area contributed by atoms with E-state index >= 15 is 0 Å². The van der Waals surface area contributed by atoms with Crippen molar-refractivity contribution < 1.29 is 23.1 Å². The molecule has 2 amide bonds. The smallest absolute Gasteiger partial charge is 0.251 e. The minimum absolute atomic E-state index is 0.0861. The Morgan fingerprint density at radius 3 is 1.84 bits per heavy atom. The van der Waals surface area contributed by atoms with Gasteiger partial charge in [0.05, 0.1) is 30.1 Å². The van der Waals surface area contributed by atoms with Gasteiger partial charge < -0.3 is 21.1 Å². The fraction of sp³-hybridized carbons (Fsp3) is 0.257. The lowest BCUT2D eigenvalue weighted by atomic mass is 10.00. The van der Waals surface area contributed by atoms with Gasteiger partial charge in [-0.2, -0.15) is 0 Å². The van der Waals surface area contributed by atoms with Crippen LogP contribution in [-0.4, -0.2) is 57.3 Å². The molecule has 10 heteroatoms. The second-order valence-corrected chi connectivity index (χ2v) is 13.1. The van der Waals surface area contributed by atoms with E-state index in [9.17, 15) is 23.1 Å². The van der Waals surface area contributed by atoms with Crippen molar-refractivity contribution in [2.24, 2.45) is 0 Å². The summed E-state index contributed by atoms with van der Waals surface area (Å²) in [6.45, 7) is 2.60. The van der Waals surface area contributed by atoms with Crippen LogP contribution < -0.4 is 20.3 Å². The van der Waals surface area contributed by atoms with Crippen LogP contribution in [0.15, 0.2) is 109 Å². The Bertz CT molecular complexity index is 1670. The van der Waals surface area contributed by atoms with Crippen molar-refractivity contribution in [1.29, 1.82) is 0 Å². The third-order valence-electron chi connectivity index (χ3n) is 7.56. The van der Waals surface area contributed by atoms with E-state index in [1.165, 1.54) is 25.2 Å². The molecule has 0 aromatic heterocycles. The predicted molar refractivity (Wildman–Crippen MR) is 178 cm³/mol. The average molecular weight is 629 g/mol. The van der Waals surface area contributed by atoms with Gasteiger partial charge in [0.2, 0.25) is 10.0 Å². The number of sulfonamides is 1. The summed E-state index contributed by atoms with van der Waals surface area (Å²) in [5, 5.41) is 20.3. The highest BCUT2D eigenvalue weighted by molar-refractivity contribution is 7.92. The summed E-state index contributed by atoms with van der Waals surface area (Å²) in [6.07, 6.45) is 0.450. The highest BCUT2D eigenvalue weighted by atomic mass is 32.2. The number of aliphatic hydroxyl groups excluding tert-OH is 1. The lowest BCUT2D eigenvalue weighted by Crippen LogP contribution is -2.48. The van der Waals surface area contributed by atoms with Gasteiger partial charge in [0, 0.05) is 31.3 Å². The molecule has 3 atom stereocenters. The Morgan fingerprint density at radius 2 is 1.29 bits per heavy atom. The highest BCUT2D eigenvalue weighted by Gasteiger charge is 2.25. The topological polar surface area (TPSA) is 128 Å². The number of amides is 2. The molecule has 4 aromatic rings. The van der Waals surface area contributed by atoms with Crippen LogP contribution in [0, 0.1) is 0 Å². The number of hydrogen-bond acceptors (Lipinski definition) is 6. The molecule has 4 rings (SSSR count). The van der Waals surface area contributed by atoms with E-state index < -0.39 is 34.0 Å². The molecule has 4 aromatic carbocycles. The quantitative estimate of drug-likeness (QED) is 0.167. The van der Waals surface area contributed by atoms with Gasteiger partial charge >= 0.3 is 0 Å². The van der Waals surface area contributed by atoms with Crippen molar-refractivity contribution >= 4 is 27.5 Å². The fourth-order valence-electron chi connectivity index (χ4n) is 4.86. The van der Waals surface area contributed by atoms with E-state index in [2.05, 4.69) is 16.0 Å². The molecule has 0 spiro atoms. The first-order valence-corrected chi connectivity index (χ1v) is 16.6. The molecule has 0 aliphatic heterocycles. The summed E-state index contributed by atoms with van der Waals surface area (Å²) in [4.78, 5) is 27.1. The number of nitrogens with one attached hydrogen (secondary N) is 3. The van der Waals surface area contributed by atoms with Gasteiger partial charge in [-0.3, -0.25) is 13.9 Å². The van der Waals surface area contributed by atoms with Crippen LogP contribution in [0.5, 0.6) is 0 Å². The third-order valence-corrected chi connectivity index (χ3v) is 8.76. The first kappa shape index (κ1) is 33.4. The molecule has 0 heterocycles. The summed E-state index contributed by atoms with van der Waals surface area (Å²) in [5.74, 6) is -1.01. The summed E-state index contributed by atoms with van der Waals surface area (Å²) < 4.78 is 25.8. The Balaban J connectivity index is 1.58. The van der Waals surface area contributed by atoms with Crippen molar-refractivity contribution in [1.82, 2.24) is 16.0 Å². The first-order valence-electron chi connectivity index (χ1n) is 14.7. The third kappa shape index (κ3) is 9.74. The molecular weight excluding hydrogens is 588 g/mol. The molecule has 0 bridgehead atoms. The average Bonchev–Trinajstić information content (AvgIpc) is 3.04. The molecule has 0 saturated carbocycles. The van der Waals surface area contributed by atoms with E-state index in [-0.39, 0.29) is 29.4 Å². The monoisotopic (exact) mass is 628 g/mol. The van der Waals surface area contributed by atoms with Crippen molar-refractivity contribution in [3.63, 3.8) is 0 Å². The van der Waals surface area contributed by atoms with Gasteiger partial charge in [-0.05, 0) is 48.2 Å². The minimum atomic E-state index is -3.70. The van der Waals surface area contributed by atoms with Crippen molar-refractivity contribution in [3.05, 3.63) is 137 Å². The maximum atomic E-state index is 13.7. The van der Waals surface area contributed by atoms with Crippen LogP contribution in [0.1, 0.15) is 50.4 Å². The Kier molecular flexibility index (Phi) is 11.5. The number of aliphatic hydroxyl groups is 1. The van der Waals surface area contributed by atoms with Gasteiger partial charge in [-0.25, -0.2) is 8.42 Å². The summed E-state index contributed by atoms with van der Waals surface area (Å²) in [7, 11) is -2.33.